The molecule has 0 spiro atoms. The van der Waals surface area contributed by atoms with Crippen molar-refractivity contribution in [3.8, 4) is 0 Å². The number of hydrogen-bond acceptors (Lipinski definition) is 4. The van der Waals surface area contributed by atoms with Gasteiger partial charge >= 0.3 is 0 Å². The lowest BCUT2D eigenvalue weighted by Crippen LogP contribution is -2.45. The Kier molecular flexibility index (Phi) is 4.68. The standard InChI is InChI=1S/C20H25N3O3/c1-15-4-9-19(24)23(15)17-7-5-16(6-8-17)22-10-2-3-18(20(22)25)21-11-13-26-14-12-21/h3,5-8,15H,2,4,9-14H2,1H3. The predicted molar refractivity (Wildman–Crippen MR) is 100 cm³/mol. The molecule has 0 aliphatic carbocycles. The number of amides is 2. The van der Waals surface area contributed by atoms with Crippen LogP contribution in [-0.2, 0) is 14.3 Å². The lowest BCUT2D eigenvalue weighted by Gasteiger charge is -2.35. The second-order valence-electron chi connectivity index (χ2n) is 7.10. The smallest absolute Gasteiger partial charge is 0.274 e. The normalized spacial score (nSPS) is 24.3. The van der Waals surface area contributed by atoms with Crippen LogP contribution in [0.2, 0.25) is 0 Å². The Labute approximate surface area is 154 Å². The van der Waals surface area contributed by atoms with Gasteiger partial charge in [0.1, 0.15) is 0 Å². The van der Waals surface area contributed by atoms with Crippen LogP contribution in [-0.4, -0.2) is 55.6 Å². The minimum atomic E-state index is 0.0523. The van der Waals surface area contributed by atoms with Crippen molar-refractivity contribution in [2.45, 2.75) is 32.2 Å². The summed E-state index contributed by atoms with van der Waals surface area (Å²) in [7, 11) is 0. The van der Waals surface area contributed by atoms with Crippen LogP contribution in [0, 0.1) is 0 Å². The highest BCUT2D eigenvalue weighted by atomic mass is 16.5. The van der Waals surface area contributed by atoms with Crippen LogP contribution in [0.15, 0.2) is 36.0 Å². The van der Waals surface area contributed by atoms with E-state index in [-0.39, 0.29) is 17.9 Å². The van der Waals surface area contributed by atoms with Gasteiger partial charge in [0.15, 0.2) is 0 Å². The van der Waals surface area contributed by atoms with Gasteiger partial charge in [0.2, 0.25) is 5.91 Å². The second kappa shape index (κ2) is 7.11. The number of benzene rings is 1. The maximum atomic E-state index is 13.0. The Morgan fingerprint density at radius 3 is 2.35 bits per heavy atom. The summed E-state index contributed by atoms with van der Waals surface area (Å²) in [5.74, 6) is 0.230. The average Bonchev–Trinajstić information content (AvgIpc) is 3.01. The fourth-order valence-electron chi connectivity index (χ4n) is 3.99. The molecule has 0 saturated carbocycles. The first-order valence-corrected chi connectivity index (χ1v) is 9.42. The van der Waals surface area contributed by atoms with Gasteiger partial charge in [-0.05, 0) is 44.0 Å². The third kappa shape index (κ3) is 3.09. The van der Waals surface area contributed by atoms with E-state index in [4.69, 9.17) is 4.74 Å². The molecular formula is C20H25N3O3. The van der Waals surface area contributed by atoms with Crippen molar-refractivity contribution >= 4 is 23.2 Å². The largest absolute Gasteiger partial charge is 0.378 e. The number of ether oxygens (including phenoxy) is 1. The van der Waals surface area contributed by atoms with E-state index in [0.29, 0.717) is 26.2 Å². The molecule has 4 rings (SSSR count). The highest BCUT2D eigenvalue weighted by Crippen LogP contribution is 2.30. The van der Waals surface area contributed by atoms with Crippen LogP contribution in [0.4, 0.5) is 11.4 Å². The molecule has 1 aromatic carbocycles. The molecule has 6 nitrogen and oxygen atoms in total. The number of rotatable bonds is 3. The lowest BCUT2D eigenvalue weighted by atomic mass is 10.1. The fraction of sp³-hybridized carbons (Fsp3) is 0.500. The van der Waals surface area contributed by atoms with Gasteiger partial charge in [-0.2, -0.15) is 0 Å². The summed E-state index contributed by atoms with van der Waals surface area (Å²) in [5.41, 5.74) is 2.58. The predicted octanol–water partition coefficient (Wildman–Crippen LogP) is 2.15. The first kappa shape index (κ1) is 17.1. The van der Waals surface area contributed by atoms with Gasteiger partial charge in [0.05, 0.1) is 18.9 Å². The Balaban J connectivity index is 1.51. The van der Waals surface area contributed by atoms with Crippen molar-refractivity contribution in [1.29, 1.82) is 0 Å². The van der Waals surface area contributed by atoms with Crippen LogP contribution in [0.3, 0.4) is 0 Å². The third-order valence-corrected chi connectivity index (χ3v) is 5.43. The molecule has 1 unspecified atom stereocenters. The van der Waals surface area contributed by atoms with E-state index in [1.54, 1.807) is 0 Å². The summed E-state index contributed by atoms with van der Waals surface area (Å²) in [6.45, 7) is 5.62. The van der Waals surface area contributed by atoms with E-state index in [1.807, 2.05) is 40.1 Å². The Morgan fingerprint density at radius 1 is 1.00 bits per heavy atom. The molecule has 0 bridgehead atoms. The van der Waals surface area contributed by atoms with Crippen molar-refractivity contribution in [3.63, 3.8) is 0 Å². The molecule has 1 atom stereocenters. The quantitative estimate of drug-likeness (QED) is 0.834. The monoisotopic (exact) mass is 355 g/mol. The molecule has 138 valence electrons. The third-order valence-electron chi connectivity index (χ3n) is 5.43. The summed E-state index contributed by atoms with van der Waals surface area (Å²) in [6.07, 6.45) is 4.41. The van der Waals surface area contributed by atoms with E-state index in [9.17, 15) is 9.59 Å². The van der Waals surface area contributed by atoms with Gasteiger partial charge in [-0.25, -0.2) is 0 Å². The molecule has 0 aromatic heterocycles. The first-order chi connectivity index (χ1) is 12.6. The van der Waals surface area contributed by atoms with E-state index < -0.39 is 0 Å². The highest BCUT2D eigenvalue weighted by Gasteiger charge is 2.30. The average molecular weight is 355 g/mol. The number of carbonyl (C=O) groups excluding carboxylic acids is 2. The maximum absolute atomic E-state index is 13.0. The van der Waals surface area contributed by atoms with Crippen LogP contribution in [0.1, 0.15) is 26.2 Å². The summed E-state index contributed by atoms with van der Waals surface area (Å²) in [4.78, 5) is 30.9. The van der Waals surface area contributed by atoms with Crippen LogP contribution in [0.5, 0.6) is 0 Å². The summed E-state index contributed by atoms with van der Waals surface area (Å²) in [6, 6.07) is 8.05. The molecule has 2 saturated heterocycles. The van der Waals surface area contributed by atoms with Gasteiger partial charge in [0, 0.05) is 43.5 Å². The number of carbonyl (C=O) groups is 2. The molecule has 2 fully saturated rings. The molecule has 2 amide bonds. The molecule has 0 radical (unpaired) electrons. The number of morpholine rings is 1. The second-order valence-corrected chi connectivity index (χ2v) is 7.10. The van der Waals surface area contributed by atoms with Crippen LogP contribution in [0.25, 0.3) is 0 Å². The van der Waals surface area contributed by atoms with E-state index in [0.717, 1.165) is 43.0 Å². The zero-order valence-corrected chi connectivity index (χ0v) is 15.2. The SMILES string of the molecule is CC1CCC(=O)N1c1ccc(N2CCC=C(N3CCOCC3)C2=O)cc1. The molecule has 6 heteroatoms. The topological polar surface area (TPSA) is 53.1 Å². The van der Waals surface area contributed by atoms with Crippen molar-refractivity contribution < 1.29 is 14.3 Å². The molecule has 1 aromatic rings. The zero-order valence-electron chi connectivity index (χ0n) is 15.2. The minimum Gasteiger partial charge on any atom is -0.378 e. The van der Waals surface area contributed by atoms with Crippen molar-refractivity contribution in [1.82, 2.24) is 4.90 Å². The highest BCUT2D eigenvalue weighted by molar-refractivity contribution is 6.06. The van der Waals surface area contributed by atoms with Crippen LogP contribution >= 0.6 is 0 Å². The van der Waals surface area contributed by atoms with Gasteiger partial charge in [-0.1, -0.05) is 6.08 Å². The Hall–Kier alpha value is -2.34. The number of hydrogen-bond donors (Lipinski definition) is 0. The molecule has 26 heavy (non-hydrogen) atoms. The van der Waals surface area contributed by atoms with E-state index >= 15 is 0 Å². The first-order valence-electron chi connectivity index (χ1n) is 9.42. The van der Waals surface area contributed by atoms with Gasteiger partial charge < -0.3 is 19.4 Å². The lowest BCUT2D eigenvalue weighted by molar-refractivity contribution is -0.118. The van der Waals surface area contributed by atoms with Crippen molar-refractivity contribution in [2.75, 3.05) is 42.6 Å². The van der Waals surface area contributed by atoms with E-state index in [1.165, 1.54) is 0 Å². The van der Waals surface area contributed by atoms with E-state index in [2.05, 4.69) is 11.8 Å². The minimum absolute atomic E-state index is 0.0523. The molecule has 3 heterocycles. The number of nitrogens with zero attached hydrogens (tertiary/aromatic N) is 3. The fourth-order valence-corrected chi connectivity index (χ4v) is 3.99. The number of anilines is 2. The maximum Gasteiger partial charge on any atom is 0.274 e. The molecular weight excluding hydrogens is 330 g/mol. The van der Waals surface area contributed by atoms with Gasteiger partial charge in [0.25, 0.3) is 5.91 Å². The van der Waals surface area contributed by atoms with Crippen LogP contribution < -0.4 is 9.80 Å². The molecule has 0 N–H and O–H groups in total. The van der Waals surface area contributed by atoms with Crippen molar-refractivity contribution in [3.05, 3.63) is 36.0 Å². The molecule has 3 aliphatic heterocycles. The zero-order chi connectivity index (χ0) is 18.1. The summed E-state index contributed by atoms with van der Waals surface area (Å²) >= 11 is 0. The molecule has 3 aliphatic rings. The Bertz CT molecular complexity index is 722. The van der Waals surface area contributed by atoms with Gasteiger partial charge in [-0.3, -0.25) is 9.59 Å². The summed E-state index contributed by atoms with van der Waals surface area (Å²) in [5, 5.41) is 0. The van der Waals surface area contributed by atoms with Crippen molar-refractivity contribution in [2.24, 2.45) is 0 Å². The van der Waals surface area contributed by atoms with Gasteiger partial charge in [-0.15, -0.1) is 0 Å². The Morgan fingerprint density at radius 2 is 1.69 bits per heavy atom. The summed E-state index contributed by atoms with van der Waals surface area (Å²) < 4.78 is 5.39.